The van der Waals surface area contributed by atoms with Gasteiger partial charge in [-0.05, 0) is 52.0 Å². The van der Waals surface area contributed by atoms with Gasteiger partial charge in [0.15, 0.2) is 0 Å². The third kappa shape index (κ3) is 20.4. The molecule has 0 unspecified atom stereocenters. The van der Waals surface area contributed by atoms with Gasteiger partial charge in [-0.3, -0.25) is 0 Å². The summed E-state index contributed by atoms with van der Waals surface area (Å²) in [6.07, 6.45) is 9.66. The molecule has 0 fully saturated rings. The minimum Gasteiger partial charge on any atom is -0.103 e. The summed E-state index contributed by atoms with van der Waals surface area (Å²) < 4.78 is 0. The van der Waals surface area contributed by atoms with Crippen LogP contribution in [0.5, 0.6) is 0 Å². The Morgan fingerprint density at radius 1 is 0.958 bits per heavy atom. The van der Waals surface area contributed by atoms with Crippen LogP contribution in [0.15, 0.2) is 66.8 Å². The van der Waals surface area contributed by atoms with Crippen LogP contribution in [0.4, 0.5) is 0 Å². The van der Waals surface area contributed by atoms with Crippen LogP contribution in [0, 0.1) is 0 Å². The molecule has 0 aromatic heterocycles. The molecule has 24 heavy (non-hydrogen) atoms. The van der Waals surface area contributed by atoms with Crippen molar-refractivity contribution in [1.29, 1.82) is 0 Å². The first-order chi connectivity index (χ1) is 11.6. The number of aryl methyl sites for hydroxylation is 1. The molecule has 0 saturated carbocycles. The van der Waals surface area contributed by atoms with Crippen LogP contribution in [-0.4, -0.2) is 0 Å². The summed E-state index contributed by atoms with van der Waals surface area (Å²) >= 11 is 0. The van der Waals surface area contributed by atoms with E-state index in [1.165, 1.54) is 24.8 Å². The van der Waals surface area contributed by atoms with Crippen molar-refractivity contribution in [2.45, 2.75) is 80.6 Å². The fraction of sp³-hybridized carbons (Fsp3) is 0.500. The highest BCUT2D eigenvalue weighted by Crippen LogP contribution is 2.11. The van der Waals surface area contributed by atoms with Crippen LogP contribution < -0.4 is 0 Å². The van der Waals surface area contributed by atoms with Crippen LogP contribution in [0.25, 0.3) is 0 Å². The largest absolute Gasteiger partial charge is 0.103 e. The van der Waals surface area contributed by atoms with E-state index >= 15 is 0 Å². The second kappa shape index (κ2) is 23.7. The smallest absolute Gasteiger partial charge is 0.0244 e. The van der Waals surface area contributed by atoms with Crippen molar-refractivity contribution in [1.82, 2.24) is 0 Å². The Bertz CT molecular complexity index is 395. The number of hydrogen-bond donors (Lipinski definition) is 0. The fourth-order valence-corrected chi connectivity index (χ4v) is 1.80. The normalized spacial score (nSPS) is 9.62. The van der Waals surface area contributed by atoms with Gasteiger partial charge in [-0.25, -0.2) is 0 Å². The van der Waals surface area contributed by atoms with Gasteiger partial charge in [-0.1, -0.05) is 87.7 Å². The molecule has 0 atom stereocenters. The van der Waals surface area contributed by atoms with E-state index in [9.17, 15) is 0 Å². The van der Waals surface area contributed by atoms with Crippen molar-refractivity contribution in [3.8, 4) is 0 Å². The van der Waals surface area contributed by atoms with E-state index in [1.807, 2.05) is 32.9 Å². The van der Waals surface area contributed by atoms with Gasteiger partial charge in [-0.2, -0.15) is 0 Å². The summed E-state index contributed by atoms with van der Waals surface area (Å²) in [5.41, 5.74) is 4.54. The maximum Gasteiger partial charge on any atom is -0.0244 e. The van der Waals surface area contributed by atoms with Crippen LogP contribution in [0.3, 0.4) is 0 Å². The van der Waals surface area contributed by atoms with Crippen molar-refractivity contribution in [3.63, 3.8) is 0 Å². The predicted octanol–water partition coefficient (Wildman–Crippen LogP) is 8.56. The quantitative estimate of drug-likeness (QED) is 0.458. The highest BCUT2D eigenvalue weighted by Gasteiger charge is 1.91. The average molecular weight is 331 g/mol. The lowest BCUT2D eigenvalue weighted by molar-refractivity contribution is 0.874. The van der Waals surface area contributed by atoms with Crippen molar-refractivity contribution in [2.24, 2.45) is 0 Å². The zero-order valence-corrected chi connectivity index (χ0v) is 17.5. The summed E-state index contributed by atoms with van der Waals surface area (Å²) in [7, 11) is 0. The second-order valence-electron chi connectivity index (χ2n) is 5.39. The number of benzene rings is 1. The minimum absolute atomic E-state index is 1.07. The molecule has 0 amide bonds. The van der Waals surface area contributed by atoms with Crippen LogP contribution >= 0.6 is 0 Å². The molecule has 0 heteroatoms. The Kier molecular flexibility index (Phi) is 27.0. The summed E-state index contributed by atoms with van der Waals surface area (Å²) in [5, 5.41) is 0. The molecule has 0 aliphatic carbocycles. The van der Waals surface area contributed by atoms with Crippen molar-refractivity contribution >= 4 is 0 Å². The molecule has 0 aliphatic heterocycles. The molecule has 0 N–H and O–H groups in total. The Morgan fingerprint density at radius 2 is 1.46 bits per heavy atom. The SMILES string of the molecule is C=CC.C=CCCc1ccccc1.CC.CCC/C(C)=C(/C)CC. The van der Waals surface area contributed by atoms with E-state index in [0.29, 0.717) is 0 Å². The van der Waals surface area contributed by atoms with Gasteiger partial charge in [0, 0.05) is 0 Å². The zero-order valence-electron chi connectivity index (χ0n) is 17.5. The topological polar surface area (TPSA) is 0 Å². The van der Waals surface area contributed by atoms with Crippen LogP contribution in [-0.2, 0) is 6.42 Å². The van der Waals surface area contributed by atoms with Gasteiger partial charge >= 0.3 is 0 Å². The molecule has 0 saturated heterocycles. The molecule has 1 rings (SSSR count). The maximum atomic E-state index is 3.68. The number of allylic oxidation sites excluding steroid dienone is 4. The Hall–Kier alpha value is -1.56. The molecule has 1 aromatic rings. The monoisotopic (exact) mass is 330 g/mol. The van der Waals surface area contributed by atoms with E-state index in [-0.39, 0.29) is 0 Å². The average Bonchev–Trinajstić information content (AvgIpc) is 2.63. The molecule has 1 aromatic carbocycles. The Labute approximate surface area is 153 Å². The first-order valence-electron chi connectivity index (χ1n) is 9.44. The molecule has 138 valence electrons. The molecule has 0 heterocycles. The van der Waals surface area contributed by atoms with Gasteiger partial charge in [0.1, 0.15) is 0 Å². The maximum absolute atomic E-state index is 3.68. The Balaban J connectivity index is -0.000000292. The van der Waals surface area contributed by atoms with Gasteiger partial charge in [0.25, 0.3) is 0 Å². The summed E-state index contributed by atoms with van der Waals surface area (Å²) in [4.78, 5) is 0. The summed E-state index contributed by atoms with van der Waals surface area (Å²) in [6, 6.07) is 10.5. The third-order valence-electron chi connectivity index (χ3n) is 3.36. The number of rotatable bonds is 6. The van der Waals surface area contributed by atoms with E-state index in [0.717, 1.165) is 12.8 Å². The third-order valence-corrected chi connectivity index (χ3v) is 3.36. The van der Waals surface area contributed by atoms with Crippen molar-refractivity contribution in [3.05, 3.63) is 72.4 Å². The van der Waals surface area contributed by atoms with Gasteiger partial charge in [0.05, 0.1) is 0 Å². The molecular weight excluding hydrogens is 288 g/mol. The van der Waals surface area contributed by atoms with Crippen molar-refractivity contribution in [2.75, 3.05) is 0 Å². The summed E-state index contributed by atoms with van der Waals surface area (Å²) in [5.74, 6) is 0. The van der Waals surface area contributed by atoms with Crippen molar-refractivity contribution < 1.29 is 0 Å². The fourth-order valence-electron chi connectivity index (χ4n) is 1.80. The first kappa shape index (κ1) is 27.3. The zero-order chi connectivity index (χ0) is 19.2. The lowest BCUT2D eigenvalue weighted by Crippen LogP contribution is -1.81. The molecule has 0 aliphatic rings. The lowest BCUT2D eigenvalue weighted by Gasteiger charge is -2.02. The molecule has 0 radical (unpaired) electrons. The van der Waals surface area contributed by atoms with Gasteiger partial charge in [0.2, 0.25) is 0 Å². The van der Waals surface area contributed by atoms with Gasteiger partial charge in [-0.15, -0.1) is 13.2 Å². The lowest BCUT2D eigenvalue weighted by atomic mass is 10.1. The molecule has 0 bridgehead atoms. The predicted molar refractivity (Wildman–Crippen MR) is 116 cm³/mol. The minimum atomic E-state index is 1.07. The highest BCUT2D eigenvalue weighted by atomic mass is 14.0. The molecular formula is C24H42. The van der Waals surface area contributed by atoms with E-state index in [2.05, 4.69) is 65.1 Å². The van der Waals surface area contributed by atoms with E-state index < -0.39 is 0 Å². The van der Waals surface area contributed by atoms with Gasteiger partial charge < -0.3 is 0 Å². The van der Waals surface area contributed by atoms with E-state index in [4.69, 9.17) is 0 Å². The Morgan fingerprint density at radius 3 is 1.83 bits per heavy atom. The first-order valence-corrected chi connectivity index (χ1v) is 9.44. The molecule has 0 nitrogen and oxygen atoms in total. The van der Waals surface area contributed by atoms with Crippen LogP contribution in [0.1, 0.15) is 79.7 Å². The number of hydrogen-bond acceptors (Lipinski definition) is 0. The van der Waals surface area contributed by atoms with E-state index in [1.54, 1.807) is 17.2 Å². The standard InChI is InChI=1S/C10H12.C9H18.C3H6.C2H6/c1-2-3-7-10-8-5-4-6-9-10;1-5-7-9(4)8(3)6-2;1-3-2;1-2/h2,4-6,8-9H,1,3,7H2;5-7H2,1-4H3;3H,1H2,2H3;1-2H3/b;9-8-;;. The summed E-state index contributed by atoms with van der Waals surface area (Å²) in [6.45, 7) is 21.8. The van der Waals surface area contributed by atoms with Crippen LogP contribution in [0.2, 0.25) is 0 Å². The molecule has 0 spiro atoms. The highest BCUT2D eigenvalue weighted by molar-refractivity contribution is 5.14. The second-order valence-corrected chi connectivity index (χ2v) is 5.39.